The van der Waals surface area contributed by atoms with Crippen molar-refractivity contribution in [3.63, 3.8) is 0 Å². The Balaban J connectivity index is 0.000000171. The van der Waals surface area contributed by atoms with Crippen molar-refractivity contribution in [2.24, 2.45) is 47.3 Å². The molecule has 4 aliphatic carbocycles. The Hall–Kier alpha value is -0.520. The van der Waals surface area contributed by atoms with E-state index < -0.39 is 0 Å². The molecule has 0 bridgehead atoms. The Labute approximate surface area is 189 Å². The Morgan fingerprint density at radius 2 is 0.633 bits per heavy atom. The van der Waals surface area contributed by atoms with Crippen LogP contribution in [0.25, 0.3) is 0 Å². The predicted octanol–water partition coefficient (Wildman–Crippen LogP) is 9.61. The van der Waals surface area contributed by atoms with E-state index >= 15 is 0 Å². The van der Waals surface area contributed by atoms with Gasteiger partial charge in [-0.15, -0.1) is 13.2 Å². The van der Waals surface area contributed by atoms with E-state index in [4.69, 9.17) is 0 Å². The molecule has 0 radical (unpaired) electrons. The van der Waals surface area contributed by atoms with Gasteiger partial charge in [0, 0.05) is 0 Å². The Morgan fingerprint density at radius 3 is 0.867 bits per heavy atom. The Morgan fingerprint density at radius 1 is 0.400 bits per heavy atom. The Kier molecular flexibility index (Phi) is 10.1. The molecule has 30 heavy (non-hydrogen) atoms. The smallest absolute Gasteiger partial charge is 0.0236 e. The first-order valence-corrected chi connectivity index (χ1v) is 13.8. The van der Waals surface area contributed by atoms with Gasteiger partial charge in [0.05, 0.1) is 0 Å². The zero-order chi connectivity index (χ0) is 21.3. The van der Waals surface area contributed by atoms with Gasteiger partial charge in [-0.25, -0.2) is 0 Å². The van der Waals surface area contributed by atoms with Crippen LogP contribution in [0.3, 0.4) is 0 Å². The highest BCUT2D eigenvalue weighted by Gasteiger charge is 2.30. The molecule has 0 N–H and O–H groups in total. The highest BCUT2D eigenvalue weighted by molar-refractivity contribution is 4.88. The van der Waals surface area contributed by atoms with Crippen LogP contribution in [-0.2, 0) is 0 Å². The average molecular weight is 413 g/mol. The topological polar surface area (TPSA) is 0 Å². The average Bonchev–Trinajstić information content (AvgIpc) is 2.81. The molecule has 4 fully saturated rings. The van der Waals surface area contributed by atoms with Gasteiger partial charge in [0.25, 0.3) is 0 Å². The van der Waals surface area contributed by atoms with E-state index in [2.05, 4.69) is 39.2 Å². The van der Waals surface area contributed by atoms with Gasteiger partial charge in [-0.05, 0) is 124 Å². The first-order valence-electron chi connectivity index (χ1n) is 13.8. The van der Waals surface area contributed by atoms with Crippen LogP contribution < -0.4 is 0 Å². The molecule has 0 amide bonds. The number of hydrogen-bond donors (Lipinski definition) is 0. The molecule has 0 aromatic carbocycles. The van der Waals surface area contributed by atoms with Gasteiger partial charge >= 0.3 is 0 Å². The molecule has 0 heterocycles. The van der Waals surface area contributed by atoms with Crippen molar-refractivity contribution >= 4 is 0 Å². The monoisotopic (exact) mass is 412 g/mol. The first-order chi connectivity index (χ1) is 14.6. The maximum atomic E-state index is 3.93. The minimum atomic E-state index is 0.837. The van der Waals surface area contributed by atoms with Crippen molar-refractivity contribution in [1.82, 2.24) is 0 Å². The number of allylic oxidation sites excluding steroid dienone is 2. The highest BCUT2D eigenvalue weighted by Crippen LogP contribution is 2.42. The summed E-state index contributed by atoms with van der Waals surface area (Å²) in [6.45, 7) is 12.7. The maximum absolute atomic E-state index is 3.93. The van der Waals surface area contributed by atoms with Gasteiger partial charge < -0.3 is 0 Å². The fourth-order valence-electron chi connectivity index (χ4n) is 7.22. The second kappa shape index (κ2) is 12.5. The van der Waals surface area contributed by atoms with E-state index in [0.717, 1.165) is 47.3 Å². The molecule has 0 spiro atoms. The maximum Gasteiger partial charge on any atom is -0.0236 e. The standard InChI is InChI=1S/2C15H26/c2*1-3-13-6-10-15(11-7-13)14-8-4-12(2)5-9-14/h2*3,12-15H,1,4-11H2,2H3. The lowest BCUT2D eigenvalue weighted by Gasteiger charge is -2.36. The molecule has 0 heteroatoms. The van der Waals surface area contributed by atoms with E-state index in [1.165, 1.54) is 103 Å². The van der Waals surface area contributed by atoms with Crippen LogP contribution in [0.2, 0.25) is 0 Å². The van der Waals surface area contributed by atoms with E-state index in [1.54, 1.807) is 0 Å². The SMILES string of the molecule is C=CC1CCC(C2CCC(C)CC2)CC1.C=CC1CCC(C2CCC(C)CC2)CC1. The van der Waals surface area contributed by atoms with Crippen molar-refractivity contribution in [3.05, 3.63) is 25.3 Å². The van der Waals surface area contributed by atoms with Crippen molar-refractivity contribution in [1.29, 1.82) is 0 Å². The molecule has 0 unspecified atom stereocenters. The molecular formula is C30H52. The number of rotatable bonds is 4. The lowest BCUT2D eigenvalue weighted by molar-refractivity contribution is 0.160. The second-order valence-corrected chi connectivity index (χ2v) is 11.9. The van der Waals surface area contributed by atoms with Crippen molar-refractivity contribution in [3.8, 4) is 0 Å². The molecule has 0 saturated heterocycles. The number of hydrogen-bond acceptors (Lipinski definition) is 0. The van der Waals surface area contributed by atoms with E-state index in [1.807, 2.05) is 0 Å². The highest BCUT2D eigenvalue weighted by atomic mass is 14.4. The lowest BCUT2D eigenvalue weighted by Crippen LogP contribution is -2.24. The quantitative estimate of drug-likeness (QED) is 0.403. The largest absolute Gasteiger partial charge is 0.103 e. The minimum absolute atomic E-state index is 0.837. The summed E-state index contributed by atoms with van der Waals surface area (Å²) >= 11 is 0. The molecule has 0 aromatic heterocycles. The summed E-state index contributed by atoms with van der Waals surface area (Å²) in [5.41, 5.74) is 0. The molecule has 172 valence electrons. The van der Waals surface area contributed by atoms with Gasteiger partial charge in [-0.2, -0.15) is 0 Å². The normalized spacial score (nSPS) is 42.5. The van der Waals surface area contributed by atoms with Crippen molar-refractivity contribution in [2.75, 3.05) is 0 Å². The van der Waals surface area contributed by atoms with Crippen molar-refractivity contribution in [2.45, 2.75) is 117 Å². The molecule has 4 aliphatic rings. The molecule has 4 saturated carbocycles. The van der Waals surface area contributed by atoms with Gasteiger partial charge in [-0.1, -0.05) is 51.7 Å². The fourth-order valence-corrected chi connectivity index (χ4v) is 7.22. The summed E-state index contributed by atoms with van der Waals surface area (Å²) in [6.07, 6.45) is 28.0. The minimum Gasteiger partial charge on any atom is -0.103 e. The van der Waals surface area contributed by atoms with Crippen LogP contribution >= 0.6 is 0 Å². The summed E-state index contributed by atoms with van der Waals surface area (Å²) in [6, 6.07) is 0. The summed E-state index contributed by atoms with van der Waals surface area (Å²) in [5.74, 6) is 7.96. The molecule has 0 aromatic rings. The first kappa shape index (κ1) is 24.1. The van der Waals surface area contributed by atoms with E-state index in [9.17, 15) is 0 Å². The van der Waals surface area contributed by atoms with Crippen molar-refractivity contribution < 1.29 is 0 Å². The third kappa shape index (κ3) is 7.27. The van der Waals surface area contributed by atoms with E-state index in [0.29, 0.717) is 0 Å². The van der Waals surface area contributed by atoms with Crippen LogP contribution in [0.15, 0.2) is 25.3 Å². The van der Waals surface area contributed by atoms with Crippen LogP contribution in [0.1, 0.15) is 117 Å². The summed E-state index contributed by atoms with van der Waals surface area (Å²) in [5, 5.41) is 0. The summed E-state index contributed by atoms with van der Waals surface area (Å²) in [7, 11) is 0. The predicted molar refractivity (Wildman–Crippen MR) is 134 cm³/mol. The van der Waals surface area contributed by atoms with Crippen LogP contribution in [-0.4, -0.2) is 0 Å². The third-order valence-corrected chi connectivity index (χ3v) is 9.75. The molecule has 0 atom stereocenters. The van der Waals surface area contributed by atoms with Gasteiger partial charge in [-0.3, -0.25) is 0 Å². The van der Waals surface area contributed by atoms with Crippen LogP contribution in [0.4, 0.5) is 0 Å². The van der Waals surface area contributed by atoms with E-state index in [-0.39, 0.29) is 0 Å². The second-order valence-electron chi connectivity index (χ2n) is 11.9. The summed E-state index contributed by atoms with van der Waals surface area (Å²) < 4.78 is 0. The zero-order valence-corrected chi connectivity index (χ0v) is 20.5. The van der Waals surface area contributed by atoms with Crippen LogP contribution in [0.5, 0.6) is 0 Å². The van der Waals surface area contributed by atoms with Gasteiger partial charge in [0.2, 0.25) is 0 Å². The van der Waals surface area contributed by atoms with Gasteiger partial charge in [0.1, 0.15) is 0 Å². The third-order valence-electron chi connectivity index (χ3n) is 9.75. The van der Waals surface area contributed by atoms with Crippen LogP contribution in [0, 0.1) is 47.3 Å². The Bertz CT molecular complexity index is 426. The zero-order valence-electron chi connectivity index (χ0n) is 20.5. The lowest BCUT2D eigenvalue weighted by atomic mass is 9.69. The van der Waals surface area contributed by atoms with Gasteiger partial charge in [0.15, 0.2) is 0 Å². The molecule has 4 rings (SSSR count). The fraction of sp³-hybridized carbons (Fsp3) is 0.867. The molecule has 0 aliphatic heterocycles. The molecule has 0 nitrogen and oxygen atoms in total. The molecular weight excluding hydrogens is 360 g/mol. The summed E-state index contributed by atoms with van der Waals surface area (Å²) in [4.78, 5) is 0.